The van der Waals surface area contributed by atoms with E-state index in [1.54, 1.807) is 28.1 Å². The molecule has 0 N–H and O–H groups in total. The number of anilines is 1. The highest BCUT2D eigenvalue weighted by Crippen LogP contribution is 2.21. The van der Waals surface area contributed by atoms with Crippen molar-refractivity contribution < 1.29 is 18.7 Å². The first kappa shape index (κ1) is 17.5. The highest BCUT2D eigenvalue weighted by Gasteiger charge is 2.28. The summed E-state index contributed by atoms with van der Waals surface area (Å²) in [6.07, 6.45) is 4.65. The molecule has 0 aliphatic carbocycles. The number of piperazine rings is 1. The van der Waals surface area contributed by atoms with Crippen molar-refractivity contribution in [3.63, 3.8) is 0 Å². The average molecular weight is 370 g/mol. The normalized spacial score (nSPS) is 17.9. The lowest BCUT2D eigenvalue weighted by atomic mass is 10.1. The van der Waals surface area contributed by atoms with E-state index in [-0.39, 0.29) is 11.8 Å². The third kappa shape index (κ3) is 3.66. The van der Waals surface area contributed by atoms with Crippen molar-refractivity contribution in [1.82, 2.24) is 14.8 Å². The molecule has 8 nitrogen and oxygen atoms in total. The van der Waals surface area contributed by atoms with Crippen LogP contribution in [0.1, 0.15) is 20.7 Å². The van der Waals surface area contributed by atoms with Gasteiger partial charge in [-0.15, -0.1) is 0 Å². The highest BCUT2D eigenvalue weighted by molar-refractivity contribution is 5.99. The van der Waals surface area contributed by atoms with Gasteiger partial charge in [-0.25, -0.2) is 4.98 Å². The van der Waals surface area contributed by atoms with E-state index in [2.05, 4.69) is 9.88 Å². The highest BCUT2D eigenvalue weighted by atomic mass is 16.5. The summed E-state index contributed by atoms with van der Waals surface area (Å²) >= 11 is 0. The van der Waals surface area contributed by atoms with Crippen molar-refractivity contribution >= 4 is 17.6 Å². The number of pyridine rings is 1. The van der Waals surface area contributed by atoms with Crippen LogP contribution in [-0.4, -0.2) is 79.1 Å². The lowest BCUT2D eigenvalue weighted by Gasteiger charge is -2.35. The summed E-state index contributed by atoms with van der Waals surface area (Å²) in [5.74, 6) is 0.605. The minimum absolute atomic E-state index is 0.0417. The Bertz CT molecular complexity index is 794. The topological polar surface area (TPSA) is 79.1 Å². The minimum atomic E-state index is -0.0637. The fraction of sp³-hybridized carbons (Fsp3) is 0.421. The van der Waals surface area contributed by atoms with Crippen molar-refractivity contribution in [1.29, 1.82) is 0 Å². The van der Waals surface area contributed by atoms with Gasteiger partial charge in [0.15, 0.2) is 0 Å². The van der Waals surface area contributed by atoms with E-state index >= 15 is 0 Å². The number of rotatable bonds is 3. The Balaban J connectivity index is 1.43. The van der Waals surface area contributed by atoms with Crippen molar-refractivity contribution in [3.8, 4) is 0 Å². The molecule has 2 amide bonds. The molecular formula is C19H22N4O4. The summed E-state index contributed by atoms with van der Waals surface area (Å²) in [5.41, 5.74) is 1.14. The second-order valence-corrected chi connectivity index (χ2v) is 6.57. The van der Waals surface area contributed by atoms with E-state index in [1.165, 1.54) is 12.5 Å². The quantitative estimate of drug-likeness (QED) is 0.805. The van der Waals surface area contributed by atoms with Crippen LogP contribution in [0, 0.1) is 0 Å². The predicted molar refractivity (Wildman–Crippen MR) is 97.8 cm³/mol. The van der Waals surface area contributed by atoms with Gasteiger partial charge in [0.05, 0.1) is 30.6 Å². The average Bonchev–Trinajstić information content (AvgIpc) is 3.28. The maximum atomic E-state index is 13.1. The van der Waals surface area contributed by atoms with Crippen LogP contribution >= 0.6 is 0 Å². The van der Waals surface area contributed by atoms with Gasteiger partial charge in [0, 0.05) is 45.5 Å². The standard InChI is InChI=1S/C19H22N4O4/c24-18(15-3-11-27-14-15)22-5-7-23(8-6-22)19(25)16-2-1-4-20-17(16)21-9-12-26-13-10-21/h1-4,11,14H,5-10,12-13H2. The zero-order valence-electron chi connectivity index (χ0n) is 15.0. The van der Waals surface area contributed by atoms with Crippen LogP contribution in [0.3, 0.4) is 0 Å². The number of amides is 2. The Labute approximate surface area is 157 Å². The summed E-state index contributed by atoms with van der Waals surface area (Å²) in [5, 5.41) is 0. The molecule has 0 saturated carbocycles. The fourth-order valence-electron chi connectivity index (χ4n) is 3.44. The molecule has 2 aromatic rings. The first-order chi connectivity index (χ1) is 13.2. The second-order valence-electron chi connectivity index (χ2n) is 6.57. The molecule has 0 radical (unpaired) electrons. The molecule has 2 saturated heterocycles. The number of carbonyl (C=O) groups excluding carboxylic acids is 2. The Hall–Kier alpha value is -2.87. The first-order valence-electron chi connectivity index (χ1n) is 9.12. The molecular weight excluding hydrogens is 348 g/mol. The molecule has 0 atom stereocenters. The van der Waals surface area contributed by atoms with Gasteiger partial charge in [-0.2, -0.15) is 0 Å². The Morgan fingerprint density at radius 3 is 2.30 bits per heavy atom. The van der Waals surface area contributed by atoms with E-state index in [4.69, 9.17) is 9.15 Å². The maximum Gasteiger partial charge on any atom is 0.257 e. The molecule has 2 aliphatic heterocycles. The van der Waals surface area contributed by atoms with Gasteiger partial charge in [-0.05, 0) is 18.2 Å². The van der Waals surface area contributed by atoms with Gasteiger partial charge >= 0.3 is 0 Å². The molecule has 2 fully saturated rings. The summed E-state index contributed by atoms with van der Waals surface area (Å²) in [7, 11) is 0. The van der Waals surface area contributed by atoms with Crippen LogP contribution in [0.4, 0.5) is 5.82 Å². The molecule has 0 bridgehead atoms. The second kappa shape index (κ2) is 7.79. The number of hydrogen-bond acceptors (Lipinski definition) is 6. The van der Waals surface area contributed by atoms with E-state index in [1.807, 2.05) is 6.07 Å². The molecule has 4 heterocycles. The smallest absolute Gasteiger partial charge is 0.257 e. The number of nitrogens with zero attached hydrogens (tertiary/aromatic N) is 4. The van der Waals surface area contributed by atoms with E-state index in [0.29, 0.717) is 56.3 Å². The Morgan fingerprint density at radius 1 is 0.926 bits per heavy atom. The summed E-state index contributed by atoms with van der Waals surface area (Å²) in [6, 6.07) is 5.27. The van der Waals surface area contributed by atoms with Crippen molar-refractivity contribution in [2.24, 2.45) is 0 Å². The minimum Gasteiger partial charge on any atom is -0.472 e. The van der Waals surface area contributed by atoms with Crippen LogP contribution in [0.25, 0.3) is 0 Å². The number of aromatic nitrogens is 1. The number of morpholine rings is 1. The molecule has 0 unspecified atom stereocenters. The monoisotopic (exact) mass is 370 g/mol. The molecule has 142 valence electrons. The van der Waals surface area contributed by atoms with Gasteiger partial charge in [-0.1, -0.05) is 0 Å². The molecule has 8 heteroatoms. The van der Waals surface area contributed by atoms with Crippen molar-refractivity contribution in [2.45, 2.75) is 0 Å². The number of furan rings is 1. The number of carbonyl (C=O) groups is 2. The molecule has 0 aromatic carbocycles. The third-order valence-corrected chi connectivity index (χ3v) is 4.95. The number of hydrogen-bond donors (Lipinski definition) is 0. The van der Waals surface area contributed by atoms with Crippen molar-refractivity contribution in [2.75, 3.05) is 57.4 Å². The van der Waals surface area contributed by atoms with Crippen LogP contribution in [0.2, 0.25) is 0 Å². The van der Waals surface area contributed by atoms with Gasteiger partial charge < -0.3 is 23.9 Å². The molecule has 2 aromatic heterocycles. The molecule has 2 aliphatic rings. The van der Waals surface area contributed by atoms with E-state index in [9.17, 15) is 9.59 Å². The summed E-state index contributed by atoms with van der Waals surface area (Å²) in [4.78, 5) is 35.6. The maximum absolute atomic E-state index is 13.1. The van der Waals surface area contributed by atoms with Crippen molar-refractivity contribution in [3.05, 3.63) is 48.0 Å². The first-order valence-corrected chi connectivity index (χ1v) is 9.12. The molecule has 27 heavy (non-hydrogen) atoms. The van der Waals surface area contributed by atoms with Crippen LogP contribution < -0.4 is 4.90 Å². The lowest BCUT2D eigenvalue weighted by Crippen LogP contribution is -2.51. The third-order valence-electron chi connectivity index (χ3n) is 4.95. The van der Waals surface area contributed by atoms with Crippen LogP contribution in [-0.2, 0) is 4.74 Å². The van der Waals surface area contributed by atoms with E-state index < -0.39 is 0 Å². The molecule has 4 rings (SSSR count). The Kier molecular flexibility index (Phi) is 5.06. The van der Waals surface area contributed by atoms with Gasteiger partial charge in [0.25, 0.3) is 11.8 Å². The van der Waals surface area contributed by atoms with E-state index in [0.717, 1.165) is 13.1 Å². The zero-order valence-corrected chi connectivity index (χ0v) is 15.0. The summed E-state index contributed by atoms with van der Waals surface area (Å²) in [6.45, 7) is 4.73. The summed E-state index contributed by atoms with van der Waals surface area (Å²) < 4.78 is 10.4. The number of ether oxygens (including phenoxy) is 1. The Morgan fingerprint density at radius 2 is 1.63 bits per heavy atom. The van der Waals surface area contributed by atoms with Gasteiger partial charge in [0.2, 0.25) is 0 Å². The SMILES string of the molecule is O=C(c1ccoc1)N1CCN(C(=O)c2cccnc2N2CCOCC2)CC1. The largest absolute Gasteiger partial charge is 0.472 e. The lowest BCUT2D eigenvalue weighted by molar-refractivity contribution is 0.0534. The van der Waals surface area contributed by atoms with Crippen LogP contribution in [0.15, 0.2) is 41.3 Å². The predicted octanol–water partition coefficient (Wildman–Crippen LogP) is 1.11. The zero-order chi connectivity index (χ0) is 18.6. The molecule has 0 spiro atoms. The van der Waals surface area contributed by atoms with Gasteiger partial charge in [-0.3, -0.25) is 9.59 Å². The van der Waals surface area contributed by atoms with Gasteiger partial charge in [0.1, 0.15) is 12.1 Å². The van der Waals surface area contributed by atoms with Crippen LogP contribution in [0.5, 0.6) is 0 Å². The fourth-order valence-corrected chi connectivity index (χ4v) is 3.44.